The summed E-state index contributed by atoms with van der Waals surface area (Å²) in [6.07, 6.45) is 10.7. The highest BCUT2D eigenvalue weighted by Gasteiger charge is 2.19. The van der Waals surface area contributed by atoms with Crippen molar-refractivity contribution < 1.29 is 0 Å². The molecule has 0 radical (unpaired) electrons. The SMILES string of the molecule is CCC1CCC(CNc2cncc(Br)c2)CC1. The molecule has 0 amide bonds. The molecule has 1 aliphatic rings. The zero-order valence-corrected chi connectivity index (χ0v) is 12.0. The van der Waals surface area contributed by atoms with Crippen molar-refractivity contribution in [2.75, 3.05) is 11.9 Å². The van der Waals surface area contributed by atoms with Crippen LogP contribution in [0.4, 0.5) is 5.69 Å². The van der Waals surface area contributed by atoms with Gasteiger partial charge < -0.3 is 5.32 Å². The minimum Gasteiger partial charge on any atom is -0.383 e. The molecule has 1 N–H and O–H groups in total. The van der Waals surface area contributed by atoms with Crippen LogP contribution in [0.25, 0.3) is 0 Å². The van der Waals surface area contributed by atoms with Crippen molar-refractivity contribution in [3.63, 3.8) is 0 Å². The van der Waals surface area contributed by atoms with Gasteiger partial charge in [0.1, 0.15) is 0 Å². The van der Waals surface area contributed by atoms with E-state index < -0.39 is 0 Å². The second-order valence-corrected chi connectivity index (χ2v) is 5.98. The largest absolute Gasteiger partial charge is 0.383 e. The lowest BCUT2D eigenvalue weighted by atomic mass is 9.81. The Labute approximate surface area is 112 Å². The first-order valence-electron chi connectivity index (χ1n) is 6.62. The lowest BCUT2D eigenvalue weighted by Crippen LogP contribution is -2.21. The van der Waals surface area contributed by atoms with E-state index in [1.54, 1.807) is 0 Å². The summed E-state index contributed by atoms with van der Waals surface area (Å²) in [7, 11) is 0. The fourth-order valence-electron chi connectivity index (χ4n) is 2.61. The van der Waals surface area contributed by atoms with Gasteiger partial charge in [0.15, 0.2) is 0 Å². The maximum atomic E-state index is 4.16. The number of hydrogen-bond donors (Lipinski definition) is 1. The van der Waals surface area contributed by atoms with Crippen LogP contribution in [0, 0.1) is 11.8 Å². The number of pyridine rings is 1. The third-order valence-corrected chi connectivity index (χ3v) is 4.28. The highest BCUT2D eigenvalue weighted by atomic mass is 79.9. The predicted octanol–water partition coefficient (Wildman–Crippen LogP) is 4.47. The molecule has 2 nitrogen and oxygen atoms in total. The van der Waals surface area contributed by atoms with Gasteiger partial charge in [0, 0.05) is 17.2 Å². The molecular weight excluding hydrogens is 276 g/mol. The summed E-state index contributed by atoms with van der Waals surface area (Å²) in [5.74, 6) is 1.83. The highest BCUT2D eigenvalue weighted by molar-refractivity contribution is 9.10. The van der Waals surface area contributed by atoms with Crippen LogP contribution in [0.5, 0.6) is 0 Å². The van der Waals surface area contributed by atoms with E-state index in [2.05, 4.69) is 39.2 Å². The van der Waals surface area contributed by atoms with Gasteiger partial charge in [-0.2, -0.15) is 0 Å². The molecule has 1 fully saturated rings. The fraction of sp³-hybridized carbons (Fsp3) is 0.643. The molecule has 0 saturated heterocycles. The lowest BCUT2D eigenvalue weighted by Gasteiger charge is -2.28. The molecule has 17 heavy (non-hydrogen) atoms. The Bertz CT molecular complexity index is 346. The molecular formula is C14H21BrN2. The standard InChI is InChI=1S/C14H21BrN2/c1-2-11-3-5-12(6-4-11)8-17-14-7-13(15)9-16-10-14/h7,9-12,17H,2-6,8H2,1H3. The minimum absolute atomic E-state index is 0.844. The van der Waals surface area contributed by atoms with Crippen LogP contribution >= 0.6 is 15.9 Å². The third-order valence-electron chi connectivity index (χ3n) is 3.84. The van der Waals surface area contributed by atoms with Crippen molar-refractivity contribution in [3.05, 3.63) is 22.9 Å². The van der Waals surface area contributed by atoms with Crippen LogP contribution in [0.2, 0.25) is 0 Å². The van der Waals surface area contributed by atoms with E-state index in [0.717, 1.165) is 28.5 Å². The molecule has 1 aromatic heterocycles. The predicted molar refractivity (Wildman–Crippen MR) is 76.2 cm³/mol. The van der Waals surface area contributed by atoms with E-state index in [9.17, 15) is 0 Å². The average Bonchev–Trinajstić information content (AvgIpc) is 2.37. The zero-order valence-electron chi connectivity index (χ0n) is 10.5. The first-order valence-corrected chi connectivity index (χ1v) is 7.41. The molecule has 0 atom stereocenters. The van der Waals surface area contributed by atoms with Crippen LogP contribution < -0.4 is 5.32 Å². The Morgan fingerprint density at radius 2 is 1.94 bits per heavy atom. The van der Waals surface area contributed by atoms with Crippen LogP contribution in [0.3, 0.4) is 0 Å². The van der Waals surface area contributed by atoms with Crippen LogP contribution in [0.15, 0.2) is 22.9 Å². The number of nitrogens with one attached hydrogen (secondary N) is 1. The number of hydrogen-bond acceptors (Lipinski definition) is 2. The molecule has 94 valence electrons. The van der Waals surface area contributed by atoms with Crippen molar-refractivity contribution in [2.45, 2.75) is 39.0 Å². The summed E-state index contributed by atoms with van der Waals surface area (Å²) < 4.78 is 1.04. The number of nitrogens with zero attached hydrogens (tertiary/aromatic N) is 1. The topological polar surface area (TPSA) is 24.9 Å². The van der Waals surface area contributed by atoms with Gasteiger partial charge in [-0.05, 0) is 46.7 Å². The summed E-state index contributed by atoms with van der Waals surface area (Å²) in [6.45, 7) is 3.41. The van der Waals surface area contributed by atoms with E-state index in [-0.39, 0.29) is 0 Å². The van der Waals surface area contributed by atoms with Gasteiger partial charge in [0.2, 0.25) is 0 Å². The summed E-state index contributed by atoms with van der Waals surface area (Å²) >= 11 is 3.44. The summed E-state index contributed by atoms with van der Waals surface area (Å²) in [5.41, 5.74) is 1.12. The van der Waals surface area contributed by atoms with Crippen molar-refractivity contribution in [1.82, 2.24) is 4.98 Å². The molecule has 1 aromatic rings. The van der Waals surface area contributed by atoms with E-state index in [1.807, 2.05) is 12.4 Å². The number of halogens is 1. The van der Waals surface area contributed by atoms with Crippen molar-refractivity contribution in [1.29, 1.82) is 0 Å². The third kappa shape index (κ3) is 3.98. The zero-order chi connectivity index (χ0) is 12.1. The molecule has 0 bridgehead atoms. The maximum absolute atomic E-state index is 4.16. The molecule has 1 aliphatic carbocycles. The Morgan fingerprint density at radius 3 is 2.59 bits per heavy atom. The van der Waals surface area contributed by atoms with Gasteiger partial charge in [0.05, 0.1) is 11.9 Å². The van der Waals surface area contributed by atoms with E-state index in [1.165, 1.54) is 32.1 Å². The second kappa shape index (κ2) is 6.39. The number of rotatable bonds is 4. The van der Waals surface area contributed by atoms with Crippen LogP contribution in [-0.4, -0.2) is 11.5 Å². The second-order valence-electron chi connectivity index (χ2n) is 5.07. The molecule has 0 aliphatic heterocycles. The van der Waals surface area contributed by atoms with Crippen molar-refractivity contribution in [3.8, 4) is 0 Å². The van der Waals surface area contributed by atoms with Gasteiger partial charge in [-0.1, -0.05) is 26.2 Å². The summed E-state index contributed by atoms with van der Waals surface area (Å²) in [6, 6.07) is 2.09. The Morgan fingerprint density at radius 1 is 1.24 bits per heavy atom. The lowest BCUT2D eigenvalue weighted by molar-refractivity contribution is 0.278. The summed E-state index contributed by atoms with van der Waals surface area (Å²) in [5, 5.41) is 3.50. The van der Waals surface area contributed by atoms with Gasteiger partial charge >= 0.3 is 0 Å². The average molecular weight is 297 g/mol. The molecule has 1 saturated carbocycles. The van der Waals surface area contributed by atoms with E-state index in [0.29, 0.717) is 0 Å². The van der Waals surface area contributed by atoms with Crippen molar-refractivity contribution >= 4 is 21.6 Å². The molecule has 1 heterocycles. The Balaban J connectivity index is 1.76. The molecule has 0 aromatic carbocycles. The highest BCUT2D eigenvalue weighted by Crippen LogP contribution is 2.30. The number of anilines is 1. The first kappa shape index (κ1) is 12.9. The molecule has 2 rings (SSSR count). The smallest absolute Gasteiger partial charge is 0.0538 e. The van der Waals surface area contributed by atoms with Gasteiger partial charge in [-0.25, -0.2) is 0 Å². The fourth-order valence-corrected chi connectivity index (χ4v) is 2.98. The first-order chi connectivity index (χ1) is 8.28. The molecule has 3 heteroatoms. The van der Waals surface area contributed by atoms with Crippen LogP contribution in [-0.2, 0) is 0 Å². The Kier molecular flexibility index (Phi) is 4.84. The maximum Gasteiger partial charge on any atom is 0.0538 e. The van der Waals surface area contributed by atoms with E-state index >= 15 is 0 Å². The van der Waals surface area contributed by atoms with Gasteiger partial charge in [-0.15, -0.1) is 0 Å². The Hall–Kier alpha value is -0.570. The number of aromatic nitrogens is 1. The monoisotopic (exact) mass is 296 g/mol. The van der Waals surface area contributed by atoms with Gasteiger partial charge in [0.25, 0.3) is 0 Å². The quantitative estimate of drug-likeness (QED) is 0.886. The minimum atomic E-state index is 0.844. The van der Waals surface area contributed by atoms with Crippen molar-refractivity contribution in [2.24, 2.45) is 11.8 Å². The molecule has 0 unspecified atom stereocenters. The summed E-state index contributed by atoms with van der Waals surface area (Å²) in [4.78, 5) is 4.16. The van der Waals surface area contributed by atoms with Gasteiger partial charge in [-0.3, -0.25) is 4.98 Å². The van der Waals surface area contributed by atoms with E-state index in [4.69, 9.17) is 0 Å². The van der Waals surface area contributed by atoms with Crippen LogP contribution in [0.1, 0.15) is 39.0 Å². The normalized spacial score (nSPS) is 24.6. The molecule has 0 spiro atoms.